The molecule has 0 unspecified atom stereocenters. The van der Waals surface area contributed by atoms with Gasteiger partial charge in [-0.15, -0.1) is 0 Å². The van der Waals surface area contributed by atoms with Crippen LogP contribution in [0.4, 0.5) is 0 Å². The summed E-state index contributed by atoms with van der Waals surface area (Å²) in [7, 11) is 0.00273. The Bertz CT molecular complexity index is 229. The smallest absolute Gasteiger partial charge is 0.529 e. The van der Waals surface area contributed by atoms with Crippen LogP contribution in [0, 0.1) is 0 Å². The van der Waals surface area contributed by atoms with Gasteiger partial charge < -0.3 is 4.65 Å². The minimum absolute atomic E-state index is 0.00273. The van der Waals surface area contributed by atoms with Crippen molar-refractivity contribution in [2.24, 2.45) is 0 Å². The zero-order chi connectivity index (χ0) is 8.65. The van der Waals surface area contributed by atoms with Crippen LogP contribution in [-0.2, 0) is 9.55 Å². The van der Waals surface area contributed by atoms with Gasteiger partial charge in [0.25, 0.3) is 0 Å². The summed E-state index contributed by atoms with van der Waals surface area (Å²) >= 11 is 0. The summed E-state index contributed by atoms with van der Waals surface area (Å²) in [6.07, 6.45) is 0.439. The third-order valence-corrected chi connectivity index (χ3v) is 1.16. The van der Waals surface area contributed by atoms with E-state index < -0.39 is 0 Å². The minimum atomic E-state index is 0.00273. The lowest BCUT2D eigenvalue weighted by atomic mass is 10.3. The average molecular weight is 165 g/mol. The van der Waals surface area contributed by atoms with Gasteiger partial charge in [-0.1, -0.05) is 18.2 Å². The Morgan fingerprint density at radius 2 is 2.08 bits per heavy atom. The first-order valence-corrected chi connectivity index (χ1v) is 3.42. The number of carbonyl (C=O) groups is 1. The second-order valence-electron chi connectivity index (χ2n) is 1.96. The van der Waals surface area contributed by atoms with Gasteiger partial charge in [0.15, 0.2) is 0 Å². The first kappa shape index (κ1) is 8.61. The molecule has 0 heterocycles. The van der Waals surface area contributed by atoms with Crippen molar-refractivity contribution in [3.8, 4) is 5.75 Å². The van der Waals surface area contributed by atoms with E-state index in [9.17, 15) is 4.79 Å². The summed E-state index contributed by atoms with van der Waals surface area (Å²) in [5.41, 5.74) is 2.01. The van der Waals surface area contributed by atoms with Crippen LogP contribution in [0.25, 0.3) is 0 Å². The highest BCUT2D eigenvalue weighted by Gasteiger charge is 1.93. The molecule has 0 aliphatic heterocycles. The molecular formula is C7H8BNO3. The number of rotatable bonds is 5. The third-order valence-electron chi connectivity index (χ3n) is 1.16. The van der Waals surface area contributed by atoms with Crippen LogP contribution in [0.1, 0.15) is 0 Å². The predicted octanol–water partition coefficient (Wildman–Crippen LogP) is 0.00950. The number of nitrogens with one attached hydrogen (secondary N) is 1. The minimum Gasteiger partial charge on any atom is -0.538 e. The van der Waals surface area contributed by atoms with Crippen molar-refractivity contribution < 1.29 is 14.2 Å². The van der Waals surface area contributed by atoms with E-state index in [0.717, 1.165) is 0 Å². The third kappa shape index (κ3) is 3.07. The van der Waals surface area contributed by atoms with Crippen molar-refractivity contribution in [1.29, 1.82) is 0 Å². The largest absolute Gasteiger partial charge is 0.538 e. The normalized spacial score (nSPS) is 8.67. The zero-order valence-electron chi connectivity index (χ0n) is 6.40. The molecule has 0 saturated carbocycles. The van der Waals surface area contributed by atoms with E-state index in [1.807, 2.05) is 23.7 Å². The molecule has 12 heavy (non-hydrogen) atoms. The number of hydrogen-bond donors (Lipinski definition) is 1. The van der Waals surface area contributed by atoms with Gasteiger partial charge in [-0.05, 0) is 12.1 Å². The van der Waals surface area contributed by atoms with Gasteiger partial charge in [0, 0.05) is 0 Å². The monoisotopic (exact) mass is 165 g/mol. The summed E-state index contributed by atoms with van der Waals surface area (Å²) in [5, 5.41) is 0. The highest BCUT2D eigenvalue weighted by Crippen LogP contribution is 2.06. The molecule has 0 aliphatic rings. The molecule has 0 spiro atoms. The van der Waals surface area contributed by atoms with Crippen molar-refractivity contribution >= 4 is 14.1 Å². The average Bonchev–Trinajstić information content (AvgIpc) is 2.14. The van der Waals surface area contributed by atoms with Crippen LogP contribution >= 0.6 is 0 Å². The lowest BCUT2D eigenvalue weighted by Crippen LogP contribution is -2.19. The van der Waals surface area contributed by atoms with Gasteiger partial charge in [-0.2, -0.15) is 0 Å². The second-order valence-corrected chi connectivity index (χ2v) is 1.96. The molecule has 1 N–H and O–H groups in total. The fraction of sp³-hybridized carbons (Fsp3) is 0. The van der Waals surface area contributed by atoms with Gasteiger partial charge in [0.2, 0.25) is 6.41 Å². The van der Waals surface area contributed by atoms with E-state index in [-0.39, 0.29) is 7.69 Å². The number of carbonyl (C=O) groups excluding carboxylic acids is 1. The van der Waals surface area contributed by atoms with E-state index in [1.54, 1.807) is 12.1 Å². The summed E-state index contributed by atoms with van der Waals surface area (Å²) in [6, 6.07) is 9.18. The van der Waals surface area contributed by atoms with Gasteiger partial charge in [-0.25, -0.2) is 0 Å². The van der Waals surface area contributed by atoms with E-state index in [4.69, 9.17) is 4.65 Å². The van der Waals surface area contributed by atoms with Crippen molar-refractivity contribution in [3.05, 3.63) is 30.3 Å². The molecule has 0 bridgehead atoms. The highest BCUT2D eigenvalue weighted by molar-refractivity contribution is 6.19. The fourth-order valence-corrected chi connectivity index (χ4v) is 0.682. The number of hydrogen-bond acceptors (Lipinski definition) is 3. The molecule has 0 atom stereocenters. The molecule has 1 aromatic rings. The molecule has 4 nitrogen and oxygen atoms in total. The van der Waals surface area contributed by atoms with E-state index in [2.05, 4.69) is 4.76 Å². The topological polar surface area (TPSA) is 47.6 Å². The van der Waals surface area contributed by atoms with Crippen LogP contribution in [0.5, 0.6) is 5.75 Å². The number of amides is 1. The maximum absolute atomic E-state index is 9.72. The number of hydroxylamine groups is 1. The zero-order valence-corrected chi connectivity index (χ0v) is 6.40. The van der Waals surface area contributed by atoms with Crippen LogP contribution < -0.4 is 10.1 Å². The molecule has 62 valence electrons. The van der Waals surface area contributed by atoms with Crippen LogP contribution in [-0.4, -0.2) is 14.1 Å². The van der Waals surface area contributed by atoms with Gasteiger partial charge >= 0.3 is 7.69 Å². The molecular weight excluding hydrogens is 157 g/mol. The standard InChI is InChI=1S/C7H8BNO3/c10-6-9-12-8-11-7-4-2-1-3-5-7/h1-6,8H,(H,9,10). The number of benzene rings is 1. The highest BCUT2D eigenvalue weighted by atomic mass is 16.7. The Morgan fingerprint density at radius 3 is 2.75 bits per heavy atom. The Morgan fingerprint density at radius 1 is 1.33 bits per heavy atom. The Hall–Kier alpha value is -1.49. The van der Waals surface area contributed by atoms with Crippen molar-refractivity contribution in [3.63, 3.8) is 0 Å². The van der Waals surface area contributed by atoms with Crippen LogP contribution in [0.3, 0.4) is 0 Å². The Balaban J connectivity index is 2.20. The summed E-state index contributed by atoms with van der Waals surface area (Å²) in [5.74, 6) is 0.699. The van der Waals surface area contributed by atoms with E-state index in [1.165, 1.54) is 0 Å². The Labute approximate surface area is 70.7 Å². The second kappa shape index (κ2) is 5.20. The van der Waals surface area contributed by atoms with E-state index in [0.29, 0.717) is 12.2 Å². The number of para-hydroxylation sites is 1. The molecule has 5 heteroatoms. The Kier molecular flexibility index (Phi) is 3.73. The van der Waals surface area contributed by atoms with Gasteiger partial charge in [0.05, 0.1) is 0 Å². The summed E-state index contributed by atoms with van der Waals surface area (Å²) in [4.78, 5) is 9.72. The van der Waals surface area contributed by atoms with Gasteiger partial charge in [-0.3, -0.25) is 15.0 Å². The summed E-state index contributed by atoms with van der Waals surface area (Å²) in [6.45, 7) is 0. The predicted molar refractivity (Wildman–Crippen MR) is 44.5 cm³/mol. The van der Waals surface area contributed by atoms with Crippen LogP contribution in [0.2, 0.25) is 0 Å². The first-order valence-electron chi connectivity index (χ1n) is 3.42. The maximum Gasteiger partial charge on any atom is 0.529 e. The molecule has 1 aromatic carbocycles. The maximum atomic E-state index is 9.72. The molecule has 0 aliphatic carbocycles. The van der Waals surface area contributed by atoms with Gasteiger partial charge in [0.1, 0.15) is 5.75 Å². The van der Waals surface area contributed by atoms with Crippen molar-refractivity contribution in [1.82, 2.24) is 5.48 Å². The lowest BCUT2D eigenvalue weighted by Gasteiger charge is -2.02. The van der Waals surface area contributed by atoms with Crippen molar-refractivity contribution in [2.45, 2.75) is 0 Å². The summed E-state index contributed by atoms with van der Waals surface area (Å²) < 4.78 is 9.61. The lowest BCUT2D eigenvalue weighted by molar-refractivity contribution is -0.115. The quantitative estimate of drug-likeness (QED) is 0.289. The molecule has 0 radical (unpaired) electrons. The molecule has 0 aromatic heterocycles. The first-order chi connectivity index (χ1) is 5.93. The molecule has 0 saturated heterocycles. The fourth-order valence-electron chi connectivity index (χ4n) is 0.682. The van der Waals surface area contributed by atoms with Crippen LogP contribution in [0.15, 0.2) is 30.3 Å². The molecule has 1 amide bonds. The SMILES string of the molecule is O=CNOBOc1ccccc1. The van der Waals surface area contributed by atoms with E-state index >= 15 is 0 Å². The van der Waals surface area contributed by atoms with Crippen molar-refractivity contribution in [2.75, 3.05) is 0 Å². The molecule has 1 rings (SSSR count). The molecule has 0 fully saturated rings.